The van der Waals surface area contributed by atoms with Gasteiger partial charge in [0.25, 0.3) is 0 Å². The number of aromatic nitrogens is 2. The highest BCUT2D eigenvalue weighted by atomic mass is 19.1. The van der Waals surface area contributed by atoms with E-state index in [0.717, 1.165) is 46.8 Å². The first kappa shape index (κ1) is 18.8. The van der Waals surface area contributed by atoms with Crippen LogP contribution in [0.2, 0.25) is 0 Å². The molecule has 0 radical (unpaired) electrons. The summed E-state index contributed by atoms with van der Waals surface area (Å²) in [7, 11) is 0. The number of rotatable bonds is 5. The number of H-pyrrole nitrogens is 1. The molecule has 4 aromatic rings. The Bertz CT molecular complexity index is 1080. The molecule has 6 heteroatoms. The van der Waals surface area contributed by atoms with Gasteiger partial charge in [-0.15, -0.1) is 0 Å². The number of nitrogens with zero attached hydrogens (tertiary/aromatic N) is 2. The molecule has 3 heterocycles. The molecule has 152 valence electrons. The van der Waals surface area contributed by atoms with Crippen molar-refractivity contribution in [1.29, 1.82) is 0 Å². The summed E-state index contributed by atoms with van der Waals surface area (Å²) in [5.41, 5.74) is 5.17. The van der Waals surface area contributed by atoms with Gasteiger partial charge in [0.05, 0.1) is 31.7 Å². The molecular weight excluding hydrogens is 381 g/mol. The number of ether oxygens (including phenoxy) is 1. The van der Waals surface area contributed by atoms with Gasteiger partial charge in [-0.3, -0.25) is 10.00 Å². The van der Waals surface area contributed by atoms with Crippen LogP contribution in [-0.2, 0) is 4.74 Å². The van der Waals surface area contributed by atoms with Gasteiger partial charge >= 0.3 is 0 Å². The molecule has 0 saturated carbocycles. The van der Waals surface area contributed by atoms with E-state index in [4.69, 9.17) is 9.15 Å². The average Bonchev–Trinajstić information content (AvgIpc) is 3.48. The monoisotopic (exact) mass is 403 g/mol. The molecule has 2 aromatic heterocycles. The number of hydrogen-bond donors (Lipinski definition) is 1. The summed E-state index contributed by atoms with van der Waals surface area (Å²) in [6, 6.07) is 18.9. The van der Waals surface area contributed by atoms with E-state index in [1.54, 1.807) is 18.4 Å². The second-order valence-corrected chi connectivity index (χ2v) is 7.36. The Balaban J connectivity index is 1.53. The molecule has 0 amide bonds. The molecule has 1 atom stereocenters. The van der Waals surface area contributed by atoms with E-state index in [1.807, 2.05) is 18.3 Å². The zero-order valence-electron chi connectivity index (χ0n) is 16.4. The largest absolute Gasteiger partial charge is 0.463 e. The Labute approximate surface area is 174 Å². The number of halogens is 1. The molecule has 1 saturated heterocycles. The van der Waals surface area contributed by atoms with Gasteiger partial charge in [-0.1, -0.05) is 36.4 Å². The maximum absolute atomic E-state index is 13.3. The van der Waals surface area contributed by atoms with E-state index in [9.17, 15) is 4.39 Å². The van der Waals surface area contributed by atoms with Crippen LogP contribution in [0.5, 0.6) is 0 Å². The number of furan rings is 1. The van der Waals surface area contributed by atoms with Gasteiger partial charge in [0, 0.05) is 18.7 Å². The number of hydrogen-bond acceptors (Lipinski definition) is 4. The van der Waals surface area contributed by atoms with Crippen molar-refractivity contribution in [3.63, 3.8) is 0 Å². The van der Waals surface area contributed by atoms with Crippen molar-refractivity contribution >= 4 is 0 Å². The van der Waals surface area contributed by atoms with Gasteiger partial charge in [-0.05, 0) is 41.0 Å². The van der Waals surface area contributed by atoms with Crippen molar-refractivity contribution < 1.29 is 13.5 Å². The Morgan fingerprint density at radius 3 is 2.30 bits per heavy atom. The summed E-state index contributed by atoms with van der Waals surface area (Å²) in [6.45, 7) is 3.09. The van der Waals surface area contributed by atoms with Crippen LogP contribution < -0.4 is 0 Å². The Morgan fingerprint density at radius 2 is 1.63 bits per heavy atom. The fraction of sp³-hybridized carbons (Fsp3) is 0.208. The maximum atomic E-state index is 13.3. The highest BCUT2D eigenvalue weighted by molar-refractivity contribution is 5.64. The molecular formula is C24H22FN3O2. The Hall–Kier alpha value is -3.22. The minimum absolute atomic E-state index is 0.0232. The van der Waals surface area contributed by atoms with Crippen LogP contribution in [-0.4, -0.2) is 41.4 Å². The molecule has 1 unspecified atom stereocenters. The van der Waals surface area contributed by atoms with Crippen LogP contribution in [0.15, 0.2) is 77.5 Å². The fourth-order valence-corrected chi connectivity index (χ4v) is 4.04. The van der Waals surface area contributed by atoms with Gasteiger partial charge in [-0.25, -0.2) is 4.39 Å². The lowest BCUT2D eigenvalue weighted by molar-refractivity contribution is 0.0240. The molecule has 5 rings (SSSR count). The summed E-state index contributed by atoms with van der Waals surface area (Å²) < 4.78 is 24.5. The third-order valence-corrected chi connectivity index (χ3v) is 5.55. The molecule has 1 fully saturated rings. The zero-order chi connectivity index (χ0) is 20.3. The maximum Gasteiger partial charge on any atom is 0.151 e. The number of benzene rings is 2. The molecule has 1 N–H and O–H groups in total. The van der Waals surface area contributed by atoms with E-state index in [1.165, 1.54) is 12.1 Å². The number of aromatic amines is 1. The third-order valence-electron chi connectivity index (χ3n) is 5.55. The van der Waals surface area contributed by atoms with Crippen LogP contribution in [0, 0.1) is 5.82 Å². The minimum atomic E-state index is -0.229. The van der Waals surface area contributed by atoms with Crippen LogP contribution in [0.25, 0.3) is 22.6 Å². The standard InChI is InChI=1S/C24H22FN3O2/c25-20-9-7-18(8-10-20)17-3-5-19(6-4-17)24(28-11-14-29-15-12-28)21-16-26-27-23(21)22-2-1-13-30-22/h1-10,13,16,24H,11-12,14-15H2,(H,26,27). The van der Waals surface area contributed by atoms with Gasteiger partial charge in [0.15, 0.2) is 5.76 Å². The summed E-state index contributed by atoms with van der Waals surface area (Å²) in [5, 5.41) is 7.42. The Kier molecular flexibility index (Phi) is 5.17. The van der Waals surface area contributed by atoms with Crippen molar-refractivity contribution in [3.05, 3.63) is 90.1 Å². The second-order valence-electron chi connectivity index (χ2n) is 7.36. The van der Waals surface area contributed by atoms with Crippen molar-refractivity contribution in [2.45, 2.75) is 6.04 Å². The van der Waals surface area contributed by atoms with Gasteiger partial charge < -0.3 is 9.15 Å². The molecule has 5 nitrogen and oxygen atoms in total. The number of morpholine rings is 1. The van der Waals surface area contributed by atoms with E-state index in [2.05, 4.69) is 39.4 Å². The lowest BCUT2D eigenvalue weighted by atomic mass is 9.94. The molecule has 0 spiro atoms. The molecule has 1 aliphatic rings. The predicted octanol–water partition coefficient (Wildman–Crippen LogP) is 4.90. The van der Waals surface area contributed by atoms with E-state index < -0.39 is 0 Å². The predicted molar refractivity (Wildman–Crippen MR) is 112 cm³/mol. The SMILES string of the molecule is Fc1ccc(-c2ccc(C(c3cn[nH]c3-c3ccco3)N3CCOCC3)cc2)cc1. The average molecular weight is 403 g/mol. The highest BCUT2D eigenvalue weighted by Crippen LogP contribution is 2.36. The van der Waals surface area contributed by atoms with Crippen molar-refractivity contribution in [1.82, 2.24) is 15.1 Å². The minimum Gasteiger partial charge on any atom is -0.463 e. The normalized spacial score (nSPS) is 15.9. The highest BCUT2D eigenvalue weighted by Gasteiger charge is 2.28. The topological polar surface area (TPSA) is 54.3 Å². The van der Waals surface area contributed by atoms with Gasteiger partial charge in [0.2, 0.25) is 0 Å². The van der Waals surface area contributed by atoms with E-state index >= 15 is 0 Å². The van der Waals surface area contributed by atoms with Gasteiger partial charge in [0.1, 0.15) is 11.5 Å². The van der Waals surface area contributed by atoms with Crippen molar-refractivity contribution in [2.24, 2.45) is 0 Å². The summed E-state index contributed by atoms with van der Waals surface area (Å²) in [6.07, 6.45) is 3.55. The summed E-state index contributed by atoms with van der Waals surface area (Å²) >= 11 is 0. The first-order chi connectivity index (χ1) is 14.8. The molecule has 0 bridgehead atoms. The molecule has 0 aliphatic carbocycles. The zero-order valence-corrected chi connectivity index (χ0v) is 16.4. The lowest BCUT2D eigenvalue weighted by Crippen LogP contribution is -2.39. The third kappa shape index (κ3) is 3.67. The van der Waals surface area contributed by atoms with E-state index in [0.29, 0.717) is 13.2 Å². The van der Waals surface area contributed by atoms with E-state index in [-0.39, 0.29) is 11.9 Å². The first-order valence-electron chi connectivity index (χ1n) is 10.0. The molecule has 2 aromatic carbocycles. The van der Waals surface area contributed by atoms with Crippen molar-refractivity contribution in [3.8, 4) is 22.6 Å². The van der Waals surface area contributed by atoms with Crippen molar-refractivity contribution in [2.75, 3.05) is 26.3 Å². The first-order valence-corrected chi connectivity index (χ1v) is 10.0. The fourth-order valence-electron chi connectivity index (χ4n) is 4.04. The van der Waals surface area contributed by atoms with Crippen LogP contribution >= 0.6 is 0 Å². The lowest BCUT2D eigenvalue weighted by Gasteiger charge is -2.34. The van der Waals surface area contributed by atoms with Crippen LogP contribution in [0.4, 0.5) is 4.39 Å². The second kappa shape index (κ2) is 8.26. The van der Waals surface area contributed by atoms with Gasteiger partial charge in [-0.2, -0.15) is 5.10 Å². The summed E-state index contributed by atoms with van der Waals surface area (Å²) in [5.74, 6) is 0.539. The molecule has 1 aliphatic heterocycles. The summed E-state index contributed by atoms with van der Waals surface area (Å²) in [4.78, 5) is 2.41. The number of nitrogens with one attached hydrogen (secondary N) is 1. The van der Waals surface area contributed by atoms with Crippen LogP contribution in [0.3, 0.4) is 0 Å². The molecule has 30 heavy (non-hydrogen) atoms. The smallest absolute Gasteiger partial charge is 0.151 e. The quantitative estimate of drug-likeness (QED) is 0.515. The Morgan fingerprint density at radius 1 is 0.933 bits per heavy atom. The van der Waals surface area contributed by atoms with Crippen LogP contribution in [0.1, 0.15) is 17.2 Å².